The summed E-state index contributed by atoms with van der Waals surface area (Å²) in [5, 5.41) is 4.46. The van der Waals surface area contributed by atoms with Crippen LogP contribution in [-0.4, -0.2) is 64.9 Å². The van der Waals surface area contributed by atoms with Crippen LogP contribution < -0.4 is 0 Å². The second kappa shape index (κ2) is 6.72. The van der Waals surface area contributed by atoms with Crippen LogP contribution in [0.5, 0.6) is 0 Å². The quantitative estimate of drug-likeness (QED) is 0.834. The zero-order valence-corrected chi connectivity index (χ0v) is 15.5. The number of nitrogens with zero attached hydrogens (tertiary/aromatic N) is 4. The Kier molecular flexibility index (Phi) is 4.58. The topological polar surface area (TPSA) is 50.6 Å². The number of aryl methyl sites for hydroxylation is 2. The van der Waals surface area contributed by atoms with Crippen LogP contribution in [0, 0.1) is 18.3 Å². The lowest BCUT2D eigenvalue weighted by atomic mass is 9.76. The number of carbonyl (C=O) groups is 1. The SMILES string of the molecule is Cc1nn(C)cc1CN1CCC2(CCCC2C(=O)N2CCOCC2)C1. The molecular weight excluding hydrogens is 316 g/mol. The van der Waals surface area contributed by atoms with Crippen LogP contribution in [0.4, 0.5) is 0 Å². The van der Waals surface area contributed by atoms with Crippen molar-refractivity contribution in [3.05, 3.63) is 17.5 Å². The minimum Gasteiger partial charge on any atom is -0.378 e. The number of amides is 1. The lowest BCUT2D eigenvalue weighted by Crippen LogP contribution is -2.47. The molecule has 3 heterocycles. The van der Waals surface area contributed by atoms with Crippen molar-refractivity contribution in [2.24, 2.45) is 18.4 Å². The molecule has 6 heteroatoms. The van der Waals surface area contributed by atoms with E-state index >= 15 is 0 Å². The highest BCUT2D eigenvalue weighted by molar-refractivity contribution is 5.80. The van der Waals surface area contributed by atoms with Crippen LogP contribution >= 0.6 is 0 Å². The van der Waals surface area contributed by atoms with E-state index in [2.05, 4.69) is 28.0 Å². The van der Waals surface area contributed by atoms with Crippen LogP contribution in [-0.2, 0) is 23.1 Å². The monoisotopic (exact) mass is 346 g/mol. The van der Waals surface area contributed by atoms with E-state index in [4.69, 9.17) is 4.74 Å². The van der Waals surface area contributed by atoms with Crippen molar-refractivity contribution in [3.63, 3.8) is 0 Å². The summed E-state index contributed by atoms with van der Waals surface area (Å²) in [6.07, 6.45) is 6.76. The molecule has 6 nitrogen and oxygen atoms in total. The highest BCUT2D eigenvalue weighted by Gasteiger charge is 2.51. The number of carbonyl (C=O) groups excluding carboxylic acids is 1. The van der Waals surface area contributed by atoms with E-state index in [-0.39, 0.29) is 11.3 Å². The van der Waals surface area contributed by atoms with Gasteiger partial charge in [0.25, 0.3) is 0 Å². The summed E-state index contributed by atoms with van der Waals surface area (Å²) >= 11 is 0. The molecule has 1 aromatic rings. The molecule has 1 amide bonds. The smallest absolute Gasteiger partial charge is 0.226 e. The first kappa shape index (κ1) is 17.0. The van der Waals surface area contributed by atoms with Gasteiger partial charge in [0.2, 0.25) is 5.91 Å². The molecular formula is C19H30N4O2. The molecule has 2 atom stereocenters. The molecule has 1 spiro atoms. The predicted octanol–water partition coefficient (Wildman–Crippen LogP) is 1.58. The molecule has 0 aromatic carbocycles. The summed E-state index contributed by atoms with van der Waals surface area (Å²) in [5.41, 5.74) is 2.63. The fourth-order valence-corrected chi connectivity index (χ4v) is 5.18. The molecule has 2 saturated heterocycles. The fraction of sp³-hybridized carbons (Fsp3) is 0.789. The van der Waals surface area contributed by atoms with E-state index in [9.17, 15) is 4.79 Å². The Labute approximate surface area is 150 Å². The molecule has 0 N–H and O–H groups in total. The van der Waals surface area contributed by atoms with Crippen molar-refractivity contribution < 1.29 is 9.53 Å². The molecule has 0 radical (unpaired) electrons. The third-order valence-electron chi connectivity index (χ3n) is 6.50. The predicted molar refractivity (Wildman–Crippen MR) is 95.0 cm³/mol. The van der Waals surface area contributed by atoms with Gasteiger partial charge in [-0.05, 0) is 38.1 Å². The molecule has 1 saturated carbocycles. The molecule has 138 valence electrons. The van der Waals surface area contributed by atoms with Gasteiger partial charge in [-0.15, -0.1) is 0 Å². The van der Waals surface area contributed by atoms with Gasteiger partial charge in [-0.25, -0.2) is 0 Å². The van der Waals surface area contributed by atoms with E-state index in [0.717, 1.165) is 51.3 Å². The molecule has 0 bridgehead atoms. The van der Waals surface area contributed by atoms with Crippen LogP contribution in [0.1, 0.15) is 36.9 Å². The summed E-state index contributed by atoms with van der Waals surface area (Å²) < 4.78 is 7.32. The summed E-state index contributed by atoms with van der Waals surface area (Å²) in [5.74, 6) is 0.603. The first-order chi connectivity index (χ1) is 12.1. The standard InChI is InChI=1S/C19H30N4O2/c1-15-16(12-21(2)20-15)13-22-7-6-19(14-22)5-3-4-17(19)18(24)23-8-10-25-11-9-23/h12,17H,3-11,13-14H2,1-2H3. The maximum absolute atomic E-state index is 13.1. The highest BCUT2D eigenvalue weighted by Crippen LogP contribution is 2.50. The zero-order valence-electron chi connectivity index (χ0n) is 15.5. The van der Waals surface area contributed by atoms with E-state index < -0.39 is 0 Å². The van der Waals surface area contributed by atoms with Crippen molar-refractivity contribution in [1.82, 2.24) is 19.6 Å². The Morgan fingerprint density at radius 3 is 2.84 bits per heavy atom. The molecule has 3 aliphatic rings. The van der Waals surface area contributed by atoms with Gasteiger partial charge >= 0.3 is 0 Å². The lowest BCUT2D eigenvalue weighted by Gasteiger charge is -2.36. The average molecular weight is 346 g/mol. The lowest BCUT2D eigenvalue weighted by molar-refractivity contribution is -0.143. The van der Waals surface area contributed by atoms with Gasteiger partial charge < -0.3 is 9.64 Å². The van der Waals surface area contributed by atoms with Gasteiger partial charge in [-0.2, -0.15) is 5.10 Å². The normalized spacial score (nSPS) is 30.5. The summed E-state index contributed by atoms with van der Waals surface area (Å²) in [7, 11) is 1.98. The van der Waals surface area contributed by atoms with E-state index in [1.54, 1.807) is 0 Å². The Morgan fingerprint density at radius 2 is 2.12 bits per heavy atom. The summed E-state index contributed by atoms with van der Waals surface area (Å²) in [6.45, 7) is 8.12. The largest absolute Gasteiger partial charge is 0.378 e. The number of rotatable bonds is 3. The minimum absolute atomic E-state index is 0.200. The van der Waals surface area contributed by atoms with Gasteiger partial charge in [-0.3, -0.25) is 14.4 Å². The number of morpholine rings is 1. The molecule has 4 rings (SSSR count). The fourth-order valence-electron chi connectivity index (χ4n) is 5.18. The van der Waals surface area contributed by atoms with Crippen LogP contribution in [0.3, 0.4) is 0 Å². The van der Waals surface area contributed by atoms with Crippen molar-refractivity contribution >= 4 is 5.91 Å². The number of likely N-dealkylation sites (tertiary alicyclic amines) is 1. The van der Waals surface area contributed by atoms with Crippen molar-refractivity contribution in [3.8, 4) is 0 Å². The Morgan fingerprint density at radius 1 is 1.32 bits per heavy atom. The second-order valence-corrected chi connectivity index (χ2v) is 8.12. The van der Waals surface area contributed by atoms with Gasteiger partial charge in [0, 0.05) is 50.9 Å². The first-order valence-corrected chi connectivity index (χ1v) is 9.65. The highest BCUT2D eigenvalue weighted by atomic mass is 16.5. The van der Waals surface area contributed by atoms with Gasteiger partial charge in [-0.1, -0.05) is 6.42 Å². The molecule has 25 heavy (non-hydrogen) atoms. The Bertz CT molecular complexity index is 637. The second-order valence-electron chi connectivity index (χ2n) is 8.12. The maximum atomic E-state index is 13.1. The minimum atomic E-state index is 0.200. The van der Waals surface area contributed by atoms with Crippen LogP contribution in [0.2, 0.25) is 0 Å². The number of ether oxygens (including phenoxy) is 1. The maximum Gasteiger partial charge on any atom is 0.226 e. The molecule has 1 aliphatic carbocycles. The molecule has 2 aliphatic heterocycles. The van der Waals surface area contributed by atoms with Gasteiger partial charge in [0.15, 0.2) is 0 Å². The van der Waals surface area contributed by atoms with E-state index in [1.807, 2.05) is 11.7 Å². The molecule has 3 fully saturated rings. The van der Waals surface area contributed by atoms with Crippen LogP contribution in [0.25, 0.3) is 0 Å². The van der Waals surface area contributed by atoms with Crippen molar-refractivity contribution in [1.29, 1.82) is 0 Å². The number of hydrogen-bond acceptors (Lipinski definition) is 4. The summed E-state index contributed by atoms with van der Waals surface area (Å²) in [6, 6.07) is 0. The Balaban J connectivity index is 1.44. The van der Waals surface area contributed by atoms with Crippen molar-refractivity contribution in [2.45, 2.75) is 39.2 Å². The van der Waals surface area contributed by atoms with E-state index in [0.29, 0.717) is 19.1 Å². The third kappa shape index (κ3) is 3.22. The van der Waals surface area contributed by atoms with Crippen LogP contribution in [0.15, 0.2) is 6.20 Å². The first-order valence-electron chi connectivity index (χ1n) is 9.65. The zero-order chi connectivity index (χ0) is 17.4. The molecule has 1 aromatic heterocycles. The third-order valence-corrected chi connectivity index (χ3v) is 6.50. The average Bonchev–Trinajstić information content (AvgIpc) is 3.29. The number of aromatic nitrogens is 2. The van der Waals surface area contributed by atoms with Gasteiger partial charge in [0.05, 0.1) is 18.9 Å². The summed E-state index contributed by atoms with van der Waals surface area (Å²) in [4.78, 5) is 17.7. The van der Waals surface area contributed by atoms with E-state index in [1.165, 1.54) is 18.4 Å². The molecule has 2 unspecified atom stereocenters. The number of hydrogen-bond donors (Lipinski definition) is 0. The van der Waals surface area contributed by atoms with Gasteiger partial charge in [0.1, 0.15) is 0 Å². The van der Waals surface area contributed by atoms with Crippen molar-refractivity contribution in [2.75, 3.05) is 39.4 Å². The Hall–Kier alpha value is -1.40.